The molecule has 0 aromatic carbocycles. The minimum absolute atomic E-state index is 0. The number of hydrogen-bond donors (Lipinski definition) is 11. The number of aliphatic hydroxyl groups excluding tert-OH is 2. The molecule has 3 rings (SSSR count). The maximum absolute atomic E-state index is 12.9. The van der Waals surface area contributed by atoms with Crippen molar-refractivity contribution in [3.8, 4) is 0 Å². The number of ether oxygens (including phenoxy) is 1. The minimum Gasteiger partial charge on any atom is -1.00 e. The molecule has 1 aliphatic rings. The van der Waals surface area contributed by atoms with E-state index in [2.05, 4.69) is 45.3 Å². The summed E-state index contributed by atoms with van der Waals surface area (Å²) in [6.07, 6.45) is -5.24. The summed E-state index contributed by atoms with van der Waals surface area (Å²) in [5.41, 5.74) is 5.66. The first kappa shape index (κ1) is 44.0. The quantitative estimate of drug-likeness (QED) is 0.0566. The van der Waals surface area contributed by atoms with Crippen LogP contribution in [-0.2, 0) is 67.1 Å². The summed E-state index contributed by atoms with van der Waals surface area (Å²) in [5, 5.41) is 20.8. The van der Waals surface area contributed by atoms with Crippen molar-refractivity contribution in [2.24, 2.45) is 0 Å². The zero-order chi connectivity index (χ0) is 36.0. The second-order valence-electron chi connectivity index (χ2n) is 8.22. The van der Waals surface area contributed by atoms with Crippen molar-refractivity contribution in [1.29, 1.82) is 0 Å². The molecule has 0 amide bonds. The first-order valence-corrected chi connectivity index (χ1v) is 21.4. The van der Waals surface area contributed by atoms with Crippen LogP contribution in [0.5, 0.6) is 0 Å². The van der Waals surface area contributed by atoms with Gasteiger partial charge in [0.25, 0.3) is 0 Å². The number of imidazole rings is 1. The number of nitrogens with zero attached hydrogens (tertiary/aromatic N) is 4. The topological polar surface area (TPSA) is 465 Å². The zero-order valence-corrected chi connectivity index (χ0v) is 29.0. The van der Waals surface area contributed by atoms with Gasteiger partial charge in [-0.05, 0) is 0 Å². The van der Waals surface area contributed by atoms with E-state index in [9.17, 15) is 56.8 Å². The van der Waals surface area contributed by atoms with Crippen LogP contribution in [0.15, 0.2) is 12.7 Å². The first-order chi connectivity index (χ1) is 21.0. The van der Waals surface area contributed by atoms with Gasteiger partial charge in [0, 0.05) is 0 Å². The summed E-state index contributed by atoms with van der Waals surface area (Å²) in [6, 6.07) is 0. The van der Waals surface area contributed by atoms with Crippen molar-refractivity contribution in [1.82, 2.24) is 19.5 Å². The van der Waals surface area contributed by atoms with E-state index in [-0.39, 0.29) is 37.3 Å². The van der Waals surface area contributed by atoms with Crippen LogP contribution in [0.4, 0.5) is 5.82 Å². The molecule has 0 bridgehead atoms. The third kappa shape index (κ3) is 12.8. The van der Waals surface area contributed by atoms with Gasteiger partial charge < -0.3 is 61.3 Å². The first-order valence-electron chi connectivity index (χ1n) is 10.9. The SMILES string of the molecule is Nc1ncnc2c1ncn2[C@@H]1O[C@H](COP(=O)(OP(=O)(O)O)OP(=O)(O)OP(=O)(O)OP(=O)(O)OP(=O)(O)OP(=O)(O)O)[C@@H](O)[C@H]1O.[H-].[Li+]. The van der Waals surface area contributed by atoms with Gasteiger partial charge in [0.05, 0.1) is 12.9 Å². The van der Waals surface area contributed by atoms with E-state index in [1.807, 2.05) is 0 Å². The molecule has 0 radical (unpaired) electrons. The Morgan fingerprint density at radius 3 is 1.71 bits per heavy atom. The van der Waals surface area contributed by atoms with Crippen LogP contribution in [0.3, 0.4) is 0 Å². The molecule has 272 valence electrons. The average Bonchev–Trinajstić information content (AvgIpc) is 3.34. The Bertz CT molecular complexity index is 1830. The van der Waals surface area contributed by atoms with Crippen LogP contribution in [0, 0.1) is 0 Å². The Morgan fingerprint density at radius 2 is 1.21 bits per heavy atom. The van der Waals surface area contributed by atoms with Crippen LogP contribution in [0.1, 0.15) is 7.65 Å². The Morgan fingerprint density at radius 1 is 0.729 bits per heavy atom. The van der Waals surface area contributed by atoms with Crippen molar-refractivity contribution in [2.45, 2.75) is 24.5 Å². The number of aliphatic hydroxyl groups is 2. The Hall–Kier alpha value is -0.163. The van der Waals surface area contributed by atoms with Gasteiger partial charge in [-0.25, -0.2) is 46.9 Å². The molecule has 1 aliphatic heterocycles. The van der Waals surface area contributed by atoms with E-state index < -0.39 is 85.9 Å². The normalized spacial score (nSPS) is 26.8. The molecule has 12 N–H and O–H groups in total. The molecule has 9 atom stereocenters. The van der Waals surface area contributed by atoms with Crippen molar-refractivity contribution >= 4 is 71.7 Å². The summed E-state index contributed by atoms with van der Waals surface area (Å²) >= 11 is 0. The number of hydrogen-bond acceptors (Lipinski definition) is 21. The van der Waals surface area contributed by atoms with Crippen LogP contribution in [0.25, 0.3) is 11.2 Å². The summed E-state index contributed by atoms with van der Waals surface area (Å²) < 4.78 is 114. The van der Waals surface area contributed by atoms with Gasteiger partial charge in [-0.15, -0.1) is 0 Å². The number of fused-ring (bicyclic) bond motifs is 1. The largest absolute Gasteiger partial charge is 1.00 e. The van der Waals surface area contributed by atoms with E-state index in [1.54, 1.807) is 0 Å². The molecular formula is C10H21LiN5O25P7. The number of anilines is 1. The molecule has 0 saturated carbocycles. The van der Waals surface area contributed by atoms with Crippen LogP contribution in [-0.4, -0.2) is 93.8 Å². The maximum atomic E-state index is 12.9. The molecule has 0 spiro atoms. The average molecular weight is 835 g/mol. The zero-order valence-electron chi connectivity index (χ0n) is 23.8. The van der Waals surface area contributed by atoms with Gasteiger partial charge in [-0.3, -0.25) is 9.09 Å². The van der Waals surface area contributed by atoms with Gasteiger partial charge in [-0.2, -0.15) is 25.9 Å². The van der Waals surface area contributed by atoms with Crippen molar-refractivity contribution in [2.75, 3.05) is 12.3 Å². The third-order valence-corrected chi connectivity index (χ3v) is 15.0. The molecular weight excluding hydrogens is 814 g/mol. The van der Waals surface area contributed by atoms with Gasteiger partial charge in [0.1, 0.15) is 30.2 Å². The Kier molecular flexibility index (Phi) is 14.2. The van der Waals surface area contributed by atoms with Crippen molar-refractivity contribution in [3.63, 3.8) is 0 Å². The monoisotopic (exact) mass is 835 g/mol. The molecule has 1 fully saturated rings. The molecule has 48 heavy (non-hydrogen) atoms. The molecule has 0 aliphatic carbocycles. The van der Waals surface area contributed by atoms with E-state index in [1.165, 1.54) is 0 Å². The standard InChI is InChI=1S/C10H20N5O25P7.Li.H/c11-8-5-9(13-2-12-8)15(3-14-5)10-7(17)6(16)4(34-10)1-33-47(32,36-42(21,22)23)40-46(30,31)39-45(28,29)38-44(26,27)37-43(24,25)35-41(18,19)20;;/h2-4,6-7,10,16-17H,1H2,(H,24,25)(H,26,27)(H,28,29)(H,30,31)(H2,11,12,13)(H2,18,19,20)(H2,21,22,23);;/q;+1;-1/t4-,6-,7-,10-,47?;;/m1../s1. The summed E-state index contributed by atoms with van der Waals surface area (Å²) in [6.45, 7) is -1.39. The molecule has 30 nitrogen and oxygen atoms in total. The fourth-order valence-corrected chi connectivity index (χ4v) is 12.1. The molecule has 5 unspecified atom stereocenters. The number of nitrogen functional groups attached to an aromatic ring is 1. The number of nitrogens with two attached hydrogens (primary N) is 1. The van der Waals surface area contributed by atoms with Gasteiger partial charge >= 0.3 is 73.6 Å². The molecule has 1 saturated heterocycles. The second-order valence-corrected chi connectivity index (χ2v) is 19.0. The summed E-state index contributed by atoms with van der Waals surface area (Å²) in [5.74, 6) is -0.0977. The fourth-order valence-electron chi connectivity index (χ4n) is 3.22. The molecule has 2 aromatic rings. The van der Waals surface area contributed by atoms with Gasteiger partial charge in [0.15, 0.2) is 17.7 Å². The summed E-state index contributed by atoms with van der Waals surface area (Å²) in [7, 11) is -44.3. The molecule has 38 heteroatoms. The molecule has 3 heterocycles. The van der Waals surface area contributed by atoms with Gasteiger partial charge in [0.2, 0.25) is 0 Å². The van der Waals surface area contributed by atoms with E-state index in [0.717, 1.165) is 17.2 Å². The smallest absolute Gasteiger partial charge is 1.00 e. The van der Waals surface area contributed by atoms with Crippen molar-refractivity contribution in [3.05, 3.63) is 12.7 Å². The van der Waals surface area contributed by atoms with Crippen LogP contribution >= 0.6 is 54.8 Å². The van der Waals surface area contributed by atoms with E-state index in [4.69, 9.17) is 34.9 Å². The minimum atomic E-state index is -6.64. The number of rotatable bonds is 16. The molecule has 2 aromatic heterocycles. The predicted octanol–water partition coefficient (Wildman–Crippen LogP) is -4.04. The van der Waals surface area contributed by atoms with Crippen molar-refractivity contribution < 1.29 is 137 Å². The van der Waals surface area contributed by atoms with E-state index in [0.29, 0.717) is 0 Å². The third-order valence-electron chi connectivity index (χ3n) is 4.63. The van der Waals surface area contributed by atoms with Crippen LogP contribution < -0.4 is 24.6 Å². The Labute approximate surface area is 277 Å². The fraction of sp³-hybridized carbons (Fsp3) is 0.500. The van der Waals surface area contributed by atoms with Gasteiger partial charge in [-0.1, -0.05) is 0 Å². The second kappa shape index (κ2) is 15.4. The summed E-state index contributed by atoms with van der Waals surface area (Å²) in [4.78, 5) is 84.2. The van der Waals surface area contributed by atoms with Crippen LogP contribution in [0.2, 0.25) is 0 Å². The number of phosphoric acid groups is 7. The maximum Gasteiger partial charge on any atom is 1.00 e. The predicted molar refractivity (Wildman–Crippen MR) is 140 cm³/mol. The van der Waals surface area contributed by atoms with E-state index >= 15 is 0 Å². The number of aromatic nitrogens is 4. The Balaban J connectivity index is 0.00000600.